The Kier molecular flexibility index (Phi) is 4.92. The van der Waals surface area contributed by atoms with Crippen LogP contribution in [0.5, 0.6) is 0 Å². The Morgan fingerprint density at radius 1 is 1.20 bits per heavy atom. The highest BCUT2D eigenvalue weighted by molar-refractivity contribution is 9.09. The van der Waals surface area contributed by atoms with Gasteiger partial charge in [0.2, 0.25) is 10.0 Å². The quantitative estimate of drug-likeness (QED) is 0.787. The van der Waals surface area contributed by atoms with Gasteiger partial charge >= 0.3 is 0 Å². The second-order valence-corrected chi connectivity index (χ2v) is 9.01. The van der Waals surface area contributed by atoms with E-state index in [1.807, 2.05) is 12.1 Å². The van der Waals surface area contributed by atoms with Crippen molar-refractivity contribution >= 4 is 26.0 Å². The molecule has 1 aliphatic carbocycles. The summed E-state index contributed by atoms with van der Waals surface area (Å²) in [6.45, 7) is 6.32. The zero-order valence-corrected chi connectivity index (χ0v) is 14.5. The van der Waals surface area contributed by atoms with Crippen molar-refractivity contribution in [2.24, 2.45) is 5.92 Å². The number of benzene rings is 1. The van der Waals surface area contributed by atoms with Crippen LogP contribution in [0.3, 0.4) is 0 Å². The second-order valence-electron chi connectivity index (χ2n) is 5.88. The molecule has 0 aromatic heterocycles. The predicted octanol–water partition coefficient (Wildman–Crippen LogP) is 3.65. The third-order valence-electron chi connectivity index (χ3n) is 3.68. The number of hydrogen-bond acceptors (Lipinski definition) is 2. The molecule has 2 atom stereocenters. The molecule has 3 nitrogen and oxygen atoms in total. The van der Waals surface area contributed by atoms with Crippen LogP contribution in [0, 0.1) is 5.92 Å². The van der Waals surface area contributed by atoms with Gasteiger partial charge in [0.25, 0.3) is 0 Å². The topological polar surface area (TPSA) is 46.2 Å². The molecule has 1 fully saturated rings. The average molecular weight is 360 g/mol. The fourth-order valence-electron chi connectivity index (χ4n) is 2.62. The van der Waals surface area contributed by atoms with Gasteiger partial charge in [0, 0.05) is 10.9 Å². The Labute approximate surface area is 130 Å². The summed E-state index contributed by atoms with van der Waals surface area (Å²) in [7, 11) is -3.41. The van der Waals surface area contributed by atoms with Crippen molar-refractivity contribution < 1.29 is 8.42 Å². The molecule has 1 aromatic rings. The molecule has 0 spiro atoms. The van der Waals surface area contributed by atoms with Gasteiger partial charge in [-0.25, -0.2) is 13.1 Å². The van der Waals surface area contributed by atoms with Crippen LogP contribution in [0.4, 0.5) is 0 Å². The van der Waals surface area contributed by atoms with E-state index in [9.17, 15) is 8.42 Å². The van der Waals surface area contributed by atoms with Crippen LogP contribution >= 0.6 is 15.9 Å². The van der Waals surface area contributed by atoms with E-state index in [1.165, 1.54) is 0 Å². The smallest absolute Gasteiger partial charge is 0.208 e. The van der Waals surface area contributed by atoms with Gasteiger partial charge in [0.15, 0.2) is 0 Å². The molecular weight excluding hydrogens is 338 g/mol. The first-order valence-electron chi connectivity index (χ1n) is 7.08. The molecule has 1 N–H and O–H groups in total. The average Bonchev–Trinajstić information content (AvgIpc) is 3.11. The molecule has 1 aliphatic rings. The number of alkyl halides is 1. The van der Waals surface area contributed by atoms with Crippen molar-refractivity contribution in [3.8, 4) is 0 Å². The number of nitrogens with one attached hydrogen (secondary N) is 1. The fourth-order valence-corrected chi connectivity index (χ4v) is 5.09. The maximum absolute atomic E-state index is 12.5. The molecule has 0 saturated heterocycles. The highest BCUT2D eigenvalue weighted by Crippen LogP contribution is 2.36. The van der Waals surface area contributed by atoms with Crippen LogP contribution in [-0.2, 0) is 10.0 Å². The van der Waals surface area contributed by atoms with Crippen LogP contribution < -0.4 is 4.72 Å². The van der Waals surface area contributed by atoms with E-state index in [0.29, 0.717) is 10.8 Å². The fraction of sp³-hybridized carbons (Fsp3) is 0.600. The minimum atomic E-state index is -3.41. The molecular formula is C15H22BrNO2S. The van der Waals surface area contributed by atoms with Gasteiger partial charge in [0.1, 0.15) is 0 Å². The first-order valence-corrected chi connectivity index (χ1v) is 9.48. The molecule has 0 aliphatic heterocycles. The van der Waals surface area contributed by atoms with E-state index in [-0.39, 0.29) is 16.8 Å². The molecule has 0 bridgehead atoms. The van der Waals surface area contributed by atoms with Crippen LogP contribution in [0.2, 0.25) is 0 Å². The van der Waals surface area contributed by atoms with E-state index < -0.39 is 10.0 Å². The third-order valence-corrected chi connectivity index (χ3v) is 5.84. The summed E-state index contributed by atoms with van der Waals surface area (Å²) in [5.41, 5.74) is 0.903. The highest BCUT2D eigenvalue weighted by atomic mass is 79.9. The lowest BCUT2D eigenvalue weighted by Gasteiger charge is -2.26. The molecule has 5 heteroatoms. The Morgan fingerprint density at radius 2 is 1.80 bits per heavy atom. The number of rotatable bonds is 6. The third kappa shape index (κ3) is 3.62. The van der Waals surface area contributed by atoms with Gasteiger partial charge in [-0.15, -0.1) is 0 Å². The summed E-state index contributed by atoms with van der Waals surface area (Å²) < 4.78 is 27.8. The van der Waals surface area contributed by atoms with Gasteiger partial charge in [-0.3, -0.25) is 0 Å². The number of halogens is 1. The van der Waals surface area contributed by atoms with Crippen molar-refractivity contribution in [1.29, 1.82) is 0 Å². The van der Waals surface area contributed by atoms with Crippen molar-refractivity contribution in [3.63, 3.8) is 0 Å². The van der Waals surface area contributed by atoms with E-state index >= 15 is 0 Å². The summed E-state index contributed by atoms with van der Waals surface area (Å²) in [6, 6.07) is 7.48. The van der Waals surface area contributed by atoms with E-state index in [2.05, 4.69) is 41.4 Å². The van der Waals surface area contributed by atoms with E-state index in [4.69, 9.17) is 0 Å². The normalized spacial score (nSPS) is 19.1. The number of sulfonamides is 1. The Balaban J connectivity index is 2.43. The SMILES string of the molecule is CC(C)C(c1ccccc1S(=O)(=O)NC1CC1)C(C)Br. The van der Waals surface area contributed by atoms with Crippen LogP contribution in [0.1, 0.15) is 45.1 Å². The zero-order chi connectivity index (χ0) is 14.9. The molecule has 112 valence electrons. The summed E-state index contributed by atoms with van der Waals surface area (Å²) in [6.07, 6.45) is 1.90. The van der Waals surface area contributed by atoms with Crippen LogP contribution in [0.25, 0.3) is 0 Å². The standard InChI is InChI=1S/C15H22BrNO2S/c1-10(2)15(11(3)16)13-6-4-5-7-14(13)20(18,19)17-12-8-9-12/h4-7,10-12,15,17H,8-9H2,1-3H3. The molecule has 0 amide bonds. The van der Waals surface area contributed by atoms with Crippen molar-refractivity contribution in [3.05, 3.63) is 29.8 Å². The van der Waals surface area contributed by atoms with Crippen LogP contribution in [0.15, 0.2) is 29.2 Å². The van der Waals surface area contributed by atoms with Gasteiger partial charge < -0.3 is 0 Å². The Bertz CT molecular complexity index is 557. The van der Waals surface area contributed by atoms with Gasteiger partial charge in [-0.05, 0) is 36.3 Å². The van der Waals surface area contributed by atoms with E-state index in [1.54, 1.807) is 12.1 Å². The van der Waals surface area contributed by atoms with Gasteiger partial charge in [-0.2, -0.15) is 0 Å². The second kappa shape index (κ2) is 6.16. The lowest BCUT2D eigenvalue weighted by molar-refractivity contribution is 0.489. The maximum atomic E-state index is 12.5. The summed E-state index contributed by atoms with van der Waals surface area (Å²) in [5.74, 6) is 0.531. The van der Waals surface area contributed by atoms with Crippen molar-refractivity contribution in [1.82, 2.24) is 4.72 Å². The van der Waals surface area contributed by atoms with Crippen LogP contribution in [-0.4, -0.2) is 19.3 Å². The predicted molar refractivity (Wildman–Crippen MR) is 85.8 cm³/mol. The summed E-state index contributed by atoms with van der Waals surface area (Å²) in [4.78, 5) is 0.650. The zero-order valence-electron chi connectivity index (χ0n) is 12.1. The summed E-state index contributed by atoms with van der Waals surface area (Å²) >= 11 is 3.63. The minimum Gasteiger partial charge on any atom is -0.208 e. The van der Waals surface area contributed by atoms with Crippen molar-refractivity contribution in [2.75, 3.05) is 0 Å². The largest absolute Gasteiger partial charge is 0.241 e. The molecule has 20 heavy (non-hydrogen) atoms. The van der Waals surface area contributed by atoms with Gasteiger partial charge in [0.05, 0.1) is 4.90 Å². The number of hydrogen-bond donors (Lipinski definition) is 1. The lowest BCUT2D eigenvalue weighted by Crippen LogP contribution is -2.28. The monoisotopic (exact) mass is 359 g/mol. The first-order chi connectivity index (χ1) is 9.33. The van der Waals surface area contributed by atoms with E-state index in [0.717, 1.165) is 18.4 Å². The maximum Gasteiger partial charge on any atom is 0.241 e. The minimum absolute atomic E-state index is 0.131. The first kappa shape index (κ1) is 16.0. The Hall–Kier alpha value is -0.390. The summed E-state index contributed by atoms with van der Waals surface area (Å²) in [5, 5.41) is 0. The molecule has 2 unspecified atom stereocenters. The molecule has 0 heterocycles. The lowest BCUT2D eigenvalue weighted by atomic mass is 9.86. The van der Waals surface area contributed by atoms with Crippen molar-refractivity contribution in [2.45, 2.75) is 55.3 Å². The highest BCUT2D eigenvalue weighted by Gasteiger charge is 2.32. The van der Waals surface area contributed by atoms with Gasteiger partial charge in [-0.1, -0.05) is 54.9 Å². The molecule has 1 saturated carbocycles. The molecule has 1 aromatic carbocycles. The Morgan fingerprint density at radius 3 is 2.30 bits per heavy atom. The molecule has 2 rings (SSSR count). The molecule has 0 radical (unpaired) electrons.